The van der Waals surface area contributed by atoms with E-state index in [1.165, 1.54) is 22.9 Å². The van der Waals surface area contributed by atoms with E-state index in [4.69, 9.17) is 17.0 Å². The smallest absolute Gasteiger partial charge is 0.416 e. The number of ether oxygens (including phenoxy) is 1. The Kier molecular flexibility index (Phi) is 7.47. The average Bonchev–Trinajstić information content (AvgIpc) is 3.04. The molecule has 32 heavy (non-hydrogen) atoms. The van der Waals surface area contributed by atoms with Gasteiger partial charge in [0.15, 0.2) is 3.95 Å². The normalized spacial score (nSPS) is 12.8. The quantitative estimate of drug-likeness (QED) is 0.252. The van der Waals surface area contributed by atoms with Crippen molar-refractivity contribution in [3.63, 3.8) is 0 Å². The Balaban J connectivity index is 1.95. The van der Waals surface area contributed by atoms with Crippen LogP contribution in [0, 0.1) is 3.95 Å². The molecule has 1 atom stereocenters. The van der Waals surface area contributed by atoms with Crippen LogP contribution in [-0.2, 0) is 22.1 Å². The Morgan fingerprint density at radius 3 is 2.62 bits per heavy atom. The number of nitrogens with zero attached hydrogens (tertiary/aromatic N) is 2. The summed E-state index contributed by atoms with van der Waals surface area (Å²) in [4.78, 5) is 16.9. The molecule has 0 bridgehead atoms. The first kappa shape index (κ1) is 23.7. The highest BCUT2D eigenvalue weighted by atomic mass is 32.1. The van der Waals surface area contributed by atoms with E-state index in [-0.39, 0.29) is 33.4 Å². The second-order valence-electron chi connectivity index (χ2n) is 6.69. The molecule has 0 saturated carbocycles. The summed E-state index contributed by atoms with van der Waals surface area (Å²) < 4.78 is 45.4. The van der Waals surface area contributed by atoms with Gasteiger partial charge in [0.2, 0.25) is 5.88 Å². The van der Waals surface area contributed by atoms with Crippen molar-refractivity contribution in [1.29, 1.82) is 0 Å². The summed E-state index contributed by atoms with van der Waals surface area (Å²) in [5.74, 6) is -0.855. The standard InChI is InChI=1S/C22H19F3N2O3S2/c1-2-30-20(29)17(11-14-7-4-3-5-8-14)27-19(28)18(32-21(27)31)13-26-16-10-6-9-15(12-16)22(23,24)25/h3-10,12-13,17,28H,2,11H2,1H3/t17-/m1/s1. The minimum atomic E-state index is -4.49. The molecule has 168 valence electrons. The lowest BCUT2D eigenvalue weighted by atomic mass is 10.1. The number of esters is 1. The van der Waals surface area contributed by atoms with Crippen LogP contribution in [0.4, 0.5) is 18.9 Å². The van der Waals surface area contributed by atoms with Crippen LogP contribution in [0.2, 0.25) is 0 Å². The van der Waals surface area contributed by atoms with E-state index in [0.717, 1.165) is 29.0 Å². The van der Waals surface area contributed by atoms with Crippen LogP contribution in [0.5, 0.6) is 5.88 Å². The van der Waals surface area contributed by atoms with E-state index in [0.29, 0.717) is 0 Å². The van der Waals surface area contributed by atoms with Crippen LogP contribution >= 0.6 is 23.6 Å². The largest absolute Gasteiger partial charge is 0.493 e. The molecule has 3 aromatic rings. The fourth-order valence-corrected chi connectivity index (χ4v) is 4.28. The summed E-state index contributed by atoms with van der Waals surface area (Å²) in [6, 6.07) is 12.8. The lowest BCUT2D eigenvalue weighted by Gasteiger charge is -2.18. The molecular formula is C22H19F3N2O3S2. The van der Waals surface area contributed by atoms with Crippen molar-refractivity contribution in [2.24, 2.45) is 4.99 Å². The summed E-state index contributed by atoms with van der Waals surface area (Å²) in [6.45, 7) is 1.84. The first-order valence-corrected chi connectivity index (χ1v) is 10.8. The molecule has 0 fully saturated rings. The number of thiazole rings is 1. The van der Waals surface area contributed by atoms with Crippen LogP contribution in [0.1, 0.15) is 29.0 Å². The molecule has 0 radical (unpaired) electrons. The van der Waals surface area contributed by atoms with Crippen molar-refractivity contribution in [1.82, 2.24) is 4.57 Å². The van der Waals surface area contributed by atoms with Gasteiger partial charge in [-0.25, -0.2) is 4.79 Å². The van der Waals surface area contributed by atoms with Gasteiger partial charge in [-0.1, -0.05) is 47.7 Å². The van der Waals surface area contributed by atoms with Gasteiger partial charge in [0.1, 0.15) is 10.9 Å². The predicted molar refractivity (Wildman–Crippen MR) is 119 cm³/mol. The molecule has 1 aromatic heterocycles. The number of carbonyl (C=O) groups is 1. The van der Waals surface area contributed by atoms with Crippen LogP contribution in [0.15, 0.2) is 59.6 Å². The van der Waals surface area contributed by atoms with Gasteiger partial charge in [-0.15, -0.1) is 0 Å². The molecule has 2 aromatic carbocycles. The first-order valence-electron chi connectivity index (χ1n) is 9.57. The first-order chi connectivity index (χ1) is 15.2. The van der Waals surface area contributed by atoms with E-state index >= 15 is 0 Å². The minimum Gasteiger partial charge on any atom is -0.493 e. The average molecular weight is 481 g/mol. The van der Waals surface area contributed by atoms with Crippen molar-refractivity contribution < 1.29 is 27.8 Å². The highest BCUT2D eigenvalue weighted by molar-refractivity contribution is 7.73. The minimum absolute atomic E-state index is 0.0660. The molecule has 1 N–H and O–H groups in total. The molecule has 1 heterocycles. The zero-order chi connectivity index (χ0) is 23.3. The topological polar surface area (TPSA) is 63.8 Å². The maximum atomic E-state index is 12.9. The number of aliphatic imine (C=N–C) groups is 1. The third kappa shape index (κ3) is 5.63. The molecule has 10 heteroatoms. The van der Waals surface area contributed by atoms with Crippen molar-refractivity contribution in [2.45, 2.75) is 25.6 Å². The molecule has 0 aliphatic heterocycles. The monoisotopic (exact) mass is 480 g/mol. The molecule has 3 rings (SSSR count). The summed E-state index contributed by atoms with van der Waals surface area (Å²) >= 11 is 6.35. The Bertz CT molecular complexity index is 1170. The molecule has 0 aliphatic rings. The summed E-state index contributed by atoms with van der Waals surface area (Å²) in [7, 11) is 0. The Morgan fingerprint density at radius 1 is 1.25 bits per heavy atom. The third-order valence-electron chi connectivity index (χ3n) is 4.49. The van der Waals surface area contributed by atoms with Crippen LogP contribution in [0.3, 0.4) is 0 Å². The van der Waals surface area contributed by atoms with E-state index in [9.17, 15) is 23.1 Å². The van der Waals surface area contributed by atoms with Crippen molar-refractivity contribution in [3.05, 3.63) is 74.6 Å². The number of hydrogen-bond acceptors (Lipinski definition) is 6. The molecule has 5 nitrogen and oxygen atoms in total. The van der Waals surface area contributed by atoms with Crippen LogP contribution in [-0.4, -0.2) is 28.5 Å². The van der Waals surface area contributed by atoms with Gasteiger partial charge in [-0.3, -0.25) is 9.56 Å². The fraction of sp³-hybridized carbons (Fsp3) is 0.227. The van der Waals surface area contributed by atoms with Crippen LogP contribution < -0.4 is 0 Å². The highest BCUT2D eigenvalue weighted by Gasteiger charge is 2.30. The van der Waals surface area contributed by atoms with E-state index in [1.807, 2.05) is 30.3 Å². The SMILES string of the molecule is CCOC(=O)[C@@H](Cc1ccccc1)n1c(O)c(C=Nc2cccc(C(F)(F)F)c2)sc1=S. The van der Waals surface area contributed by atoms with Crippen molar-refractivity contribution in [3.8, 4) is 5.88 Å². The lowest BCUT2D eigenvalue weighted by Crippen LogP contribution is -2.24. The second kappa shape index (κ2) is 10.1. The van der Waals surface area contributed by atoms with Gasteiger partial charge < -0.3 is 9.84 Å². The third-order valence-corrected chi connectivity index (χ3v) is 5.82. The molecule has 0 spiro atoms. The summed E-state index contributed by atoms with van der Waals surface area (Å²) in [6.07, 6.45) is -3.02. The fourth-order valence-electron chi connectivity index (χ4n) is 3.00. The lowest BCUT2D eigenvalue weighted by molar-refractivity contribution is -0.147. The molecular weight excluding hydrogens is 461 g/mol. The van der Waals surface area contributed by atoms with Gasteiger partial charge in [-0.05, 0) is 42.9 Å². The number of aromatic hydroxyl groups is 1. The van der Waals surface area contributed by atoms with E-state index in [2.05, 4.69) is 4.99 Å². The summed E-state index contributed by atoms with van der Waals surface area (Å²) in [5.41, 5.74) is 0.0837. The molecule has 0 saturated heterocycles. The maximum absolute atomic E-state index is 12.9. The Hall–Kier alpha value is -2.98. The van der Waals surface area contributed by atoms with Gasteiger partial charge in [0, 0.05) is 6.42 Å². The van der Waals surface area contributed by atoms with Crippen LogP contribution in [0.25, 0.3) is 0 Å². The molecule has 0 amide bonds. The molecule has 0 unspecified atom stereocenters. The number of aromatic nitrogens is 1. The number of halogens is 3. The van der Waals surface area contributed by atoms with E-state index < -0.39 is 23.8 Å². The predicted octanol–water partition coefficient (Wildman–Crippen LogP) is 6.10. The number of alkyl halides is 3. The molecule has 0 aliphatic carbocycles. The number of rotatable bonds is 7. The van der Waals surface area contributed by atoms with Gasteiger partial charge in [0.05, 0.1) is 24.1 Å². The zero-order valence-electron chi connectivity index (χ0n) is 16.9. The number of benzene rings is 2. The maximum Gasteiger partial charge on any atom is 0.416 e. The van der Waals surface area contributed by atoms with Gasteiger partial charge in [-0.2, -0.15) is 13.2 Å². The van der Waals surface area contributed by atoms with E-state index in [1.54, 1.807) is 6.92 Å². The van der Waals surface area contributed by atoms with Crippen molar-refractivity contribution in [2.75, 3.05) is 6.61 Å². The Morgan fingerprint density at radius 2 is 1.97 bits per heavy atom. The number of hydrogen-bond donors (Lipinski definition) is 1. The van der Waals surface area contributed by atoms with Gasteiger partial charge in [0.25, 0.3) is 0 Å². The Labute approximate surface area is 191 Å². The zero-order valence-corrected chi connectivity index (χ0v) is 18.5. The second-order valence-corrected chi connectivity index (χ2v) is 8.37. The van der Waals surface area contributed by atoms with Crippen molar-refractivity contribution >= 4 is 41.4 Å². The highest BCUT2D eigenvalue weighted by Crippen LogP contribution is 2.33. The summed E-state index contributed by atoms with van der Waals surface area (Å²) in [5, 5.41) is 10.8. The van der Waals surface area contributed by atoms with Gasteiger partial charge >= 0.3 is 12.1 Å². The number of carbonyl (C=O) groups excluding carboxylic acids is 1.